The van der Waals surface area contributed by atoms with Gasteiger partial charge in [0.25, 0.3) is 0 Å². The zero-order valence-corrected chi connectivity index (χ0v) is 17.1. The molecule has 0 unspecified atom stereocenters. The molecule has 2 aromatic rings. The van der Waals surface area contributed by atoms with Gasteiger partial charge in [-0.1, -0.05) is 5.10 Å². The number of rotatable bonds is 11. The average Bonchev–Trinajstić information content (AvgIpc) is 3.56. The molecule has 0 spiro atoms. The molecule has 0 amide bonds. The van der Waals surface area contributed by atoms with Crippen LogP contribution in [0.15, 0.2) is 23.4 Å². The second-order valence-corrected chi connectivity index (χ2v) is 9.44. The third-order valence-corrected chi connectivity index (χ3v) is 6.88. The quantitative estimate of drug-likeness (QED) is 0.565. The summed E-state index contributed by atoms with van der Waals surface area (Å²) in [6, 6.07) is 1.71. The van der Waals surface area contributed by atoms with Crippen molar-refractivity contribution in [1.82, 2.24) is 24.4 Å². The Kier molecular flexibility index (Phi) is 5.33. The molecule has 2 heterocycles. The minimum absolute atomic E-state index is 0.129. The van der Waals surface area contributed by atoms with E-state index in [2.05, 4.69) is 14.9 Å². The maximum Gasteiger partial charge on any atom is 0.246 e. The van der Waals surface area contributed by atoms with Crippen molar-refractivity contribution in [3.8, 4) is 5.88 Å². The van der Waals surface area contributed by atoms with E-state index < -0.39 is 10.0 Å². The number of hydrogen-bond donors (Lipinski definition) is 1. The summed E-state index contributed by atoms with van der Waals surface area (Å²) in [5.74, 6) is 3.11. The van der Waals surface area contributed by atoms with Gasteiger partial charge in [-0.15, -0.1) is 4.85 Å². The summed E-state index contributed by atoms with van der Waals surface area (Å²) < 4.78 is 34.2. The van der Waals surface area contributed by atoms with Crippen LogP contribution < -0.4 is 14.3 Å². The SMILES string of the molecule is Cc1nn(C)cc1S(=O)(=O)NCOn1ccc(OCCC(C2CC2)C2CC2)n1. The molecule has 9 nitrogen and oxygen atoms in total. The molecule has 4 rings (SSSR count). The Morgan fingerprint density at radius 2 is 1.96 bits per heavy atom. The van der Waals surface area contributed by atoms with Crippen LogP contribution in [0.1, 0.15) is 37.8 Å². The van der Waals surface area contributed by atoms with E-state index in [0.29, 0.717) is 18.2 Å². The van der Waals surface area contributed by atoms with Crippen LogP contribution in [0.3, 0.4) is 0 Å². The number of aromatic nitrogens is 4. The normalized spacial score (nSPS) is 17.2. The summed E-state index contributed by atoms with van der Waals surface area (Å²) in [4.78, 5) is 6.65. The predicted molar refractivity (Wildman–Crippen MR) is 101 cm³/mol. The van der Waals surface area contributed by atoms with E-state index in [1.165, 1.54) is 41.4 Å². The zero-order chi connectivity index (χ0) is 19.7. The largest absolute Gasteiger partial charge is 0.477 e. The number of aryl methyl sites for hydroxylation is 2. The molecule has 28 heavy (non-hydrogen) atoms. The van der Waals surface area contributed by atoms with Crippen LogP contribution in [0, 0.1) is 24.7 Å². The fraction of sp³-hybridized carbons (Fsp3) is 0.667. The molecule has 0 radical (unpaired) electrons. The molecule has 0 aliphatic heterocycles. The molecule has 0 atom stereocenters. The van der Waals surface area contributed by atoms with Crippen molar-refractivity contribution < 1.29 is 18.0 Å². The number of hydrogen-bond acceptors (Lipinski definition) is 6. The van der Waals surface area contributed by atoms with Gasteiger partial charge in [-0.25, -0.2) is 8.42 Å². The Bertz CT molecular complexity index is 902. The summed E-state index contributed by atoms with van der Waals surface area (Å²) in [6.07, 6.45) is 9.62. The van der Waals surface area contributed by atoms with Crippen LogP contribution in [-0.2, 0) is 17.1 Å². The fourth-order valence-electron chi connectivity index (χ4n) is 3.73. The third kappa shape index (κ3) is 4.67. The summed E-state index contributed by atoms with van der Waals surface area (Å²) in [7, 11) is -2.02. The van der Waals surface area contributed by atoms with Gasteiger partial charge in [0.2, 0.25) is 15.9 Å². The number of nitrogens with one attached hydrogen (secondary N) is 1. The van der Waals surface area contributed by atoms with Crippen molar-refractivity contribution in [2.75, 3.05) is 13.3 Å². The van der Waals surface area contributed by atoms with Crippen LogP contribution in [-0.4, -0.2) is 41.5 Å². The Balaban J connectivity index is 1.22. The number of nitrogens with zero attached hydrogens (tertiary/aromatic N) is 4. The topological polar surface area (TPSA) is 100 Å². The standard InChI is InChI=1S/C18H27N5O4S/c1-13-17(11-22(2)20-13)28(24,25)19-12-27-23-9-7-18(21-23)26-10-8-16(14-3-4-14)15-5-6-15/h7,9,11,14-16,19H,3-6,8,10,12H2,1-2H3. The highest BCUT2D eigenvalue weighted by Crippen LogP contribution is 2.50. The lowest BCUT2D eigenvalue weighted by atomic mass is 9.95. The third-order valence-electron chi connectivity index (χ3n) is 5.40. The molecule has 2 aliphatic rings. The first kappa shape index (κ1) is 19.3. The fourth-order valence-corrected chi connectivity index (χ4v) is 4.82. The maximum absolute atomic E-state index is 12.3. The molecule has 2 aliphatic carbocycles. The van der Waals surface area contributed by atoms with E-state index in [-0.39, 0.29) is 11.6 Å². The number of ether oxygens (including phenoxy) is 1. The first-order chi connectivity index (χ1) is 13.4. The second-order valence-electron chi connectivity index (χ2n) is 7.71. The van der Waals surface area contributed by atoms with E-state index in [4.69, 9.17) is 9.57 Å². The van der Waals surface area contributed by atoms with Gasteiger partial charge in [0.1, 0.15) is 4.90 Å². The molecule has 10 heteroatoms. The highest BCUT2D eigenvalue weighted by molar-refractivity contribution is 7.89. The van der Waals surface area contributed by atoms with Gasteiger partial charge in [-0.3, -0.25) is 4.68 Å². The minimum atomic E-state index is -3.69. The van der Waals surface area contributed by atoms with Gasteiger partial charge >= 0.3 is 0 Å². The molecule has 154 valence electrons. The highest BCUT2D eigenvalue weighted by atomic mass is 32.2. The lowest BCUT2D eigenvalue weighted by Gasteiger charge is -2.14. The molecule has 2 fully saturated rings. The number of sulfonamides is 1. The summed E-state index contributed by atoms with van der Waals surface area (Å²) in [5.41, 5.74) is 0.431. The molecule has 1 N–H and O–H groups in total. The van der Waals surface area contributed by atoms with Crippen molar-refractivity contribution in [2.24, 2.45) is 24.8 Å². The van der Waals surface area contributed by atoms with Crippen molar-refractivity contribution in [3.63, 3.8) is 0 Å². The first-order valence-electron chi connectivity index (χ1n) is 9.74. The monoisotopic (exact) mass is 409 g/mol. The van der Waals surface area contributed by atoms with Crippen molar-refractivity contribution in [2.45, 2.75) is 43.9 Å². The molecule has 0 saturated heterocycles. The zero-order valence-electron chi connectivity index (χ0n) is 16.2. The predicted octanol–water partition coefficient (Wildman–Crippen LogP) is 1.49. The maximum atomic E-state index is 12.3. The van der Waals surface area contributed by atoms with E-state index in [1.807, 2.05) is 0 Å². The van der Waals surface area contributed by atoms with E-state index in [1.54, 1.807) is 26.2 Å². The Morgan fingerprint density at radius 3 is 2.57 bits per heavy atom. The van der Waals surface area contributed by atoms with Crippen LogP contribution >= 0.6 is 0 Å². The van der Waals surface area contributed by atoms with Gasteiger partial charge in [0.05, 0.1) is 18.5 Å². The van der Waals surface area contributed by atoms with Crippen LogP contribution in [0.5, 0.6) is 5.88 Å². The van der Waals surface area contributed by atoms with Gasteiger partial charge in [0.15, 0.2) is 6.73 Å². The smallest absolute Gasteiger partial charge is 0.246 e. The van der Waals surface area contributed by atoms with E-state index >= 15 is 0 Å². The molecule has 2 aromatic heterocycles. The van der Waals surface area contributed by atoms with Crippen LogP contribution in [0.25, 0.3) is 0 Å². The highest BCUT2D eigenvalue weighted by Gasteiger charge is 2.40. The average molecular weight is 410 g/mol. The molecular weight excluding hydrogens is 382 g/mol. The molecule has 2 saturated carbocycles. The molecular formula is C18H27N5O4S. The van der Waals surface area contributed by atoms with Gasteiger partial charge < -0.3 is 9.57 Å². The van der Waals surface area contributed by atoms with Gasteiger partial charge in [-0.2, -0.15) is 9.82 Å². The van der Waals surface area contributed by atoms with Gasteiger partial charge in [0, 0.05) is 19.3 Å². The lowest BCUT2D eigenvalue weighted by Crippen LogP contribution is -2.31. The van der Waals surface area contributed by atoms with Crippen molar-refractivity contribution in [3.05, 3.63) is 24.2 Å². The van der Waals surface area contributed by atoms with Crippen molar-refractivity contribution >= 4 is 10.0 Å². The Labute approximate surface area is 165 Å². The first-order valence-corrected chi connectivity index (χ1v) is 11.2. The minimum Gasteiger partial charge on any atom is -0.477 e. The van der Waals surface area contributed by atoms with Crippen LogP contribution in [0.2, 0.25) is 0 Å². The lowest BCUT2D eigenvalue weighted by molar-refractivity contribution is 0.0760. The van der Waals surface area contributed by atoms with Crippen LogP contribution in [0.4, 0.5) is 0 Å². The van der Waals surface area contributed by atoms with Gasteiger partial charge in [-0.05, 0) is 56.8 Å². The second kappa shape index (κ2) is 7.75. The van der Waals surface area contributed by atoms with E-state index in [9.17, 15) is 8.42 Å². The van der Waals surface area contributed by atoms with Crippen molar-refractivity contribution in [1.29, 1.82) is 0 Å². The molecule has 0 aromatic carbocycles. The molecule has 0 bridgehead atoms. The Hall–Kier alpha value is -2.07. The summed E-state index contributed by atoms with van der Waals surface area (Å²) in [6.45, 7) is 2.05. The summed E-state index contributed by atoms with van der Waals surface area (Å²) in [5, 5.41) is 8.20. The summed E-state index contributed by atoms with van der Waals surface area (Å²) >= 11 is 0. The Morgan fingerprint density at radius 1 is 1.25 bits per heavy atom. The van der Waals surface area contributed by atoms with E-state index in [0.717, 1.165) is 24.2 Å².